The number of hydrogen-bond acceptors (Lipinski definition) is 4. The zero-order valence-corrected chi connectivity index (χ0v) is 18.8. The van der Waals surface area contributed by atoms with Crippen molar-refractivity contribution in [1.82, 2.24) is 4.90 Å². The molecular weight excluding hydrogens is 346 g/mol. The van der Waals surface area contributed by atoms with Crippen LogP contribution in [0.1, 0.15) is 97.3 Å². The summed E-state index contributed by atoms with van der Waals surface area (Å²) in [5, 5.41) is 0. The van der Waals surface area contributed by atoms with E-state index in [1.165, 1.54) is 77.0 Å². The first-order valence-electron chi connectivity index (χ1n) is 10.9. The molecule has 0 fully saturated rings. The van der Waals surface area contributed by atoms with Crippen LogP contribution in [0.4, 0.5) is 0 Å². The van der Waals surface area contributed by atoms with E-state index in [-0.39, 0.29) is 5.92 Å². The van der Waals surface area contributed by atoms with Crippen molar-refractivity contribution in [3.05, 3.63) is 0 Å². The molecule has 1 unspecified atom stereocenters. The van der Waals surface area contributed by atoms with Crippen LogP contribution in [0.2, 0.25) is 0 Å². The third-order valence-electron chi connectivity index (χ3n) is 5.06. The van der Waals surface area contributed by atoms with Crippen molar-refractivity contribution in [3.63, 3.8) is 0 Å². The second-order valence-electron chi connectivity index (χ2n) is 7.91. The molecule has 0 N–H and O–H groups in total. The van der Waals surface area contributed by atoms with Crippen molar-refractivity contribution in [1.29, 1.82) is 0 Å². The number of nitrogens with zero attached hydrogens (tertiary/aromatic N) is 1. The van der Waals surface area contributed by atoms with Gasteiger partial charge in [-0.3, -0.25) is 4.18 Å². The van der Waals surface area contributed by atoms with E-state index in [0.29, 0.717) is 6.61 Å². The molecule has 0 amide bonds. The van der Waals surface area contributed by atoms with E-state index in [9.17, 15) is 8.42 Å². The average Bonchev–Trinajstić information content (AvgIpc) is 2.58. The van der Waals surface area contributed by atoms with Gasteiger partial charge in [-0.15, -0.1) is 0 Å². The summed E-state index contributed by atoms with van der Waals surface area (Å²) in [5.74, 6) is 0.284. The maximum absolute atomic E-state index is 11.1. The van der Waals surface area contributed by atoms with Crippen LogP contribution >= 0.6 is 0 Å². The van der Waals surface area contributed by atoms with Gasteiger partial charge in [0.1, 0.15) is 0 Å². The zero-order chi connectivity index (χ0) is 19.7. The van der Waals surface area contributed by atoms with E-state index in [1.807, 2.05) is 0 Å². The van der Waals surface area contributed by atoms with Gasteiger partial charge in [0.2, 0.25) is 0 Å². The van der Waals surface area contributed by atoms with Crippen LogP contribution in [0.5, 0.6) is 0 Å². The van der Waals surface area contributed by atoms with Gasteiger partial charge in [0, 0.05) is 6.54 Å². The Bertz CT molecular complexity index is 398. The van der Waals surface area contributed by atoms with E-state index in [2.05, 4.69) is 25.8 Å². The average molecular weight is 392 g/mol. The number of rotatable bonds is 19. The molecule has 0 aliphatic carbocycles. The third kappa shape index (κ3) is 18.7. The fraction of sp³-hybridized carbons (Fsp3) is 1.00. The van der Waals surface area contributed by atoms with E-state index >= 15 is 0 Å². The molecule has 0 aromatic carbocycles. The molecule has 0 aliphatic heterocycles. The summed E-state index contributed by atoms with van der Waals surface area (Å²) in [7, 11) is -1.20. The van der Waals surface area contributed by atoms with E-state index in [0.717, 1.165) is 25.8 Å². The van der Waals surface area contributed by atoms with Crippen molar-refractivity contribution in [2.45, 2.75) is 97.3 Å². The Morgan fingerprint density at radius 3 is 1.69 bits per heavy atom. The summed E-state index contributed by atoms with van der Waals surface area (Å²) >= 11 is 0. The minimum absolute atomic E-state index is 0.284. The highest BCUT2D eigenvalue weighted by Gasteiger charge is 2.13. The molecule has 0 heterocycles. The minimum Gasteiger partial charge on any atom is -0.306 e. The van der Waals surface area contributed by atoms with Crippen LogP contribution in [0.25, 0.3) is 0 Å². The molecule has 26 heavy (non-hydrogen) atoms. The topological polar surface area (TPSA) is 46.6 Å². The fourth-order valence-corrected chi connectivity index (χ4v) is 3.71. The molecule has 0 saturated heterocycles. The van der Waals surface area contributed by atoms with E-state index in [1.54, 1.807) is 0 Å². The summed E-state index contributed by atoms with van der Waals surface area (Å²) in [6, 6.07) is 0. The Balaban J connectivity index is 3.48. The molecule has 0 aliphatic rings. The summed E-state index contributed by atoms with van der Waals surface area (Å²) in [6.45, 7) is 6.66. The lowest BCUT2D eigenvalue weighted by molar-refractivity contribution is 0.194. The van der Waals surface area contributed by atoms with Gasteiger partial charge in [0.05, 0.1) is 12.9 Å². The molecule has 0 rings (SSSR count). The second kappa shape index (κ2) is 17.0. The molecule has 0 aromatic rings. The van der Waals surface area contributed by atoms with Gasteiger partial charge in [0.15, 0.2) is 0 Å². The first-order valence-corrected chi connectivity index (χ1v) is 12.7. The maximum Gasteiger partial charge on any atom is 0.264 e. The van der Waals surface area contributed by atoms with Crippen molar-refractivity contribution in [3.8, 4) is 0 Å². The molecule has 4 nitrogen and oxygen atoms in total. The van der Waals surface area contributed by atoms with Gasteiger partial charge in [0.25, 0.3) is 10.1 Å². The zero-order valence-electron chi connectivity index (χ0n) is 18.0. The Morgan fingerprint density at radius 1 is 0.808 bits per heavy atom. The van der Waals surface area contributed by atoms with Crippen LogP contribution in [0.3, 0.4) is 0 Å². The molecule has 0 aromatic heterocycles. The van der Waals surface area contributed by atoms with Gasteiger partial charge in [-0.1, -0.05) is 84.5 Å². The Kier molecular flexibility index (Phi) is 16.9. The third-order valence-corrected chi connectivity index (χ3v) is 5.62. The van der Waals surface area contributed by atoms with Crippen LogP contribution in [-0.2, 0) is 14.3 Å². The van der Waals surface area contributed by atoms with Crippen molar-refractivity contribution < 1.29 is 12.6 Å². The molecule has 0 bridgehead atoms. The van der Waals surface area contributed by atoms with E-state index < -0.39 is 10.1 Å². The van der Waals surface area contributed by atoms with Crippen molar-refractivity contribution in [2.24, 2.45) is 5.92 Å². The van der Waals surface area contributed by atoms with Gasteiger partial charge in [-0.05, 0) is 32.4 Å². The Morgan fingerprint density at radius 2 is 1.27 bits per heavy atom. The van der Waals surface area contributed by atoms with Gasteiger partial charge >= 0.3 is 0 Å². The molecule has 0 saturated carbocycles. The van der Waals surface area contributed by atoms with Gasteiger partial charge in [-0.2, -0.15) is 8.42 Å². The second-order valence-corrected chi connectivity index (χ2v) is 9.56. The van der Waals surface area contributed by atoms with E-state index in [4.69, 9.17) is 4.18 Å². The Hall–Kier alpha value is -0.130. The lowest BCUT2D eigenvalue weighted by Gasteiger charge is -2.22. The predicted octanol–water partition coefficient (Wildman–Crippen LogP) is 5.62. The minimum atomic E-state index is -3.32. The van der Waals surface area contributed by atoms with Crippen LogP contribution in [0, 0.1) is 5.92 Å². The monoisotopic (exact) mass is 391 g/mol. The molecule has 1 atom stereocenters. The summed E-state index contributed by atoms with van der Waals surface area (Å²) in [4.78, 5) is 2.32. The lowest BCUT2D eigenvalue weighted by Crippen LogP contribution is -2.29. The summed E-state index contributed by atoms with van der Waals surface area (Å²) in [5.41, 5.74) is 0. The lowest BCUT2D eigenvalue weighted by atomic mass is 10.0. The molecule has 158 valence electrons. The Labute approximate surface area is 164 Å². The highest BCUT2D eigenvalue weighted by Crippen LogP contribution is 2.12. The quantitative estimate of drug-likeness (QED) is 0.212. The molecule has 5 heteroatoms. The maximum atomic E-state index is 11.1. The van der Waals surface area contributed by atoms with Gasteiger partial charge in [-0.25, -0.2) is 0 Å². The first-order chi connectivity index (χ1) is 12.4. The summed E-state index contributed by atoms with van der Waals surface area (Å²) < 4.78 is 27.1. The smallest absolute Gasteiger partial charge is 0.264 e. The SMILES string of the molecule is CCCCCCCCCCCCCCN(C)CC(CC)COS(C)(=O)=O. The van der Waals surface area contributed by atoms with Crippen LogP contribution in [-0.4, -0.2) is 46.3 Å². The molecule has 0 radical (unpaired) electrons. The molecule has 0 spiro atoms. The van der Waals surface area contributed by atoms with Gasteiger partial charge < -0.3 is 4.90 Å². The van der Waals surface area contributed by atoms with Crippen molar-refractivity contribution in [2.75, 3.05) is 33.0 Å². The highest BCUT2D eigenvalue weighted by molar-refractivity contribution is 7.85. The normalized spacial score (nSPS) is 13.4. The first kappa shape index (κ1) is 25.9. The van der Waals surface area contributed by atoms with Crippen molar-refractivity contribution >= 4 is 10.1 Å². The number of hydrogen-bond donors (Lipinski definition) is 0. The van der Waals surface area contributed by atoms with Crippen LogP contribution < -0.4 is 0 Å². The number of unbranched alkanes of at least 4 members (excludes halogenated alkanes) is 11. The summed E-state index contributed by atoms with van der Waals surface area (Å²) in [6.07, 6.45) is 18.5. The predicted molar refractivity (Wildman–Crippen MR) is 113 cm³/mol. The largest absolute Gasteiger partial charge is 0.306 e. The standard InChI is InChI=1S/C21H45NO3S/c1-5-7-8-9-10-11-12-13-14-15-16-17-18-22(3)19-21(6-2)20-25-26(4,23)24/h21H,5-20H2,1-4H3. The fourth-order valence-electron chi connectivity index (χ4n) is 3.27. The molecular formula is C21H45NO3S. The van der Waals surface area contributed by atoms with Crippen LogP contribution in [0.15, 0.2) is 0 Å². The highest BCUT2D eigenvalue weighted by atomic mass is 32.2.